The van der Waals surface area contributed by atoms with Gasteiger partial charge in [-0.25, -0.2) is 4.98 Å². The van der Waals surface area contributed by atoms with Gasteiger partial charge in [0.15, 0.2) is 11.5 Å². The molecule has 0 amide bonds. The van der Waals surface area contributed by atoms with Crippen LogP contribution >= 0.6 is 23.2 Å². The van der Waals surface area contributed by atoms with Crippen LogP contribution in [-0.4, -0.2) is 25.9 Å². The molecule has 7 nitrogen and oxygen atoms in total. The summed E-state index contributed by atoms with van der Waals surface area (Å²) in [5.41, 5.74) is -0.247. The Morgan fingerprint density at radius 3 is 2.43 bits per heavy atom. The fourth-order valence-electron chi connectivity index (χ4n) is 2.07. The van der Waals surface area contributed by atoms with Crippen LogP contribution in [0.5, 0.6) is 11.5 Å². The molecule has 1 aromatic heterocycles. The molecule has 0 saturated heterocycles. The van der Waals surface area contributed by atoms with Crippen molar-refractivity contribution >= 4 is 34.7 Å². The average Bonchev–Trinajstić information content (AvgIpc) is 2.47. The smallest absolute Gasteiger partial charge is 0.315 e. The van der Waals surface area contributed by atoms with Crippen LogP contribution in [0.1, 0.15) is 27.2 Å². The van der Waals surface area contributed by atoms with Gasteiger partial charge in [0, 0.05) is 11.6 Å². The molecule has 0 bridgehead atoms. The van der Waals surface area contributed by atoms with Crippen LogP contribution in [0.3, 0.4) is 0 Å². The van der Waals surface area contributed by atoms with Crippen LogP contribution < -0.4 is 0 Å². The molecule has 23 heavy (non-hydrogen) atoms. The number of aryl methyl sites for hydroxylation is 1. The maximum absolute atomic E-state index is 12.6. The number of hydrogen-bond acceptors (Lipinski definition) is 6. The minimum Gasteiger partial charge on any atom is -0.504 e. The molecule has 1 aromatic carbocycles. The van der Waals surface area contributed by atoms with Crippen molar-refractivity contribution in [2.75, 3.05) is 0 Å². The first-order chi connectivity index (χ1) is 10.6. The Kier molecular flexibility index (Phi) is 4.44. The van der Waals surface area contributed by atoms with Gasteiger partial charge in [-0.15, -0.1) is 0 Å². The number of aromatic hydroxyl groups is 2. The average molecular weight is 357 g/mol. The summed E-state index contributed by atoms with van der Waals surface area (Å²) in [6.07, 6.45) is 0. The van der Waals surface area contributed by atoms with Crippen LogP contribution in [-0.2, 0) is 0 Å². The number of phenols is 2. The number of aromatic nitrogens is 1. The number of carbonyl (C=O) groups excluding carboxylic acids is 1. The molecule has 0 unspecified atom stereocenters. The highest BCUT2D eigenvalue weighted by Gasteiger charge is 2.25. The summed E-state index contributed by atoms with van der Waals surface area (Å²) in [6.45, 7) is 3.18. The molecular formula is C14H10Cl2N2O5. The Labute approximate surface area is 140 Å². The van der Waals surface area contributed by atoms with E-state index in [1.165, 1.54) is 0 Å². The maximum Gasteiger partial charge on any atom is 0.315 e. The van der Waals surface area contributed by atoms with Gasteiger partial charge < -0.3 is 10.2 Å². The van der Waals surface area contributed by atoms with E-state index in [-0.39, 0.29) is 21.3 Å². The second kappa shape index (κ2) is 6.02. The van der Waals surface area contributed by atoms with Crippen molar-refractivity contribution in [3.05, 3.63) is 54.8 Å². The molecule has 0 spiro atoms. The monoisotopic (exact) mass is 356 g/mol. The lowest BCUT2D eigenvalue weighted by atomic mass is 9.99. The van der Waals surface area contributed by atoms with E-state index in [2.05, 4.69) is 4.98 Å². The largest absolute Gasteiger partial charge is 0.504 e. The van der Waals surface area contributed by atoms with Crippen LogP contribution in [0.2, 0.25) is 10.2 Å². The third kappa shape index (κ3) is 2.93. The Morgan fingerprint density at radius 1 is 1.26 bits per heavy atom. The Morgan fingerprint density at radius 2 is 1.87 bits per heavy atom. The molecule has 1 heterocycles. The molecule has 0 aliphatic carbocycles. The van der Waals surface area contributed by atoms with Crippen LogP contribution in [0.15, 0.2) is 12.1 Å². The summed E-state index contributed by atoms with van der Waals surface area (Å²) in [6, 6.07) is 1.76. The van der Waals surface area contributed by atoms with Crippen molar-refractivity contribution in [3.63, 3.8) is 0 Å². The summed E-state index contributed by atoms with van der Waals surface area (Å²) >= 11 is 12.0. The van der Waals surface area contributed by atoms with E-state index in [9.17, 15) is 25.1 Å². The van der Waals surface area contributed by atoms with E-state index in [0.717, 1.165) is 12.1 Å². The predicted molar refractivity (Wildman–Crippen MR) is 83.6 cm³/mol. The third-order valence-corrected chi connectivity index (χ3v) is 4.08. The molecular weight excluding hydrogens is 347 g/mol. The first kappa shape index (κ1) is 17.0. The highest BCUT2D eigenvalue weighted by Crippen LogP contribution is 2.37. The normalized spacial score (nSPS) is 10.6. The lowest BCUT2D eigenvalue weighted by Crippen LogP contribution is -2.08. The Bertz CT molecular complexity index is 852. The van der Waals surface area contributed by atoms with Crippen LogP contribution in [0.4, 0.5) is 5.69 Å². The van der Waals surface area contributed by atoms with E-state index >= 15 is 0 Å². The molecule has 0 radical (unpaired) electrons. The number of benzene rings is 1. The van der Waals surface area contributed by atoms with Crippen molar-refractivity contribution in [2.24, 2.45) is 0 Å². The van der Waals surface area contributed by atoms with Gasteiger partial charge in [0.05, 0.1) is 21.2 Å². The van der Waals surface area contributed by atoms with Gasteiger partial charge in [-0.2, -0.15) is 0 Å². The fraction of sp³-hybridized carbons (Fsp3) is 0.143. The van der Waals surface area contributed by atoms with Gasteiger partial charge in [-0.3, -0.25) is 14.9 Å². The molecule has 0 aliphatic rings. The number of rotatable bonds is 3. The van der Waals surface area contributed by atoms with E-state index in [1.54, 1.807) is 13.8 Å². The number of ketones is 1. The molecule has 2 N–H and O–H groups in total. The molecule has 0 fully saturated rings. The summed E-state index contributed by atoms with van der Waals surface area (Å²) in [4.78, 5) is 26.5. The van der Waals surface area contributed by atoms with Crippen LogP contribution in [0, 0.1) is 24.0 Å². The predicted octanol–water partition coefficient (Wildman–Crippen LogP) is 3.56. The lowest BCUT2D eigenvalue weighted by molar-refractivity contribution is -0.386. The molecule has 0 aliphatic heterocycles. The van der Waals surface area contributed by atoms with Crippen molar-refractivity contribution in [1.82, 2.24) is 4.98 Å². The Balaban J connectivity index is 2.68. The topological polar surface area (TPSA) is 114 Å². The number of halogens is 2. The van der Waals surface area contributed by atoms with E-state index in [0.29, 0.717) is 11.3 Å². The number of nitro benzene ring substituents is 1. The zero-order chi connectivity index (χ0) is 17.5. The lowest BCUT2D eigenvalue weighted by Gasteiger charge is -2.11. The van der Waals surface area contributed by atoms with Crippen molar-refractivity contribution < 1.29 is 19.9 Å². The van der Waals surface area contributed by atoms with Gasteiger partial charge in [0.2, 0.25) is 5.75 Å². The number of carbonyl (C=O) groups is 1. The quantitative estimate of drug-likeness (QED) is 0.285. The zero-order valence-corrected chi connectivity index (χ0v) is 13.4. The molecule has 9 heteroatoms. The fourth-order valence-corrected chi connectivity index (χ4v) is 2.56. The second-order valence-corrected chi connectivity index (χ2v) is 5.49. The first-order valence-corrected chi connectivity index (χ1v) is 6.98. The van der Waals surface area contributed by atoms with Crippen molar-refractivity contribution in [1.29, 1.82) is 0 Å². The standard InChI is InChI=1S/C14H10Cl2N2O5/c1-5-10(14(16)17-6(2)11(5)15)12(20)7-3-8(18(22)23)13(21)9(19)4-7/h3-4,19,21H,1-2H3. The van der Waals surface area contributed by atoms with Gasteiger partial charge in [-0.1, -0.05) is 23.2 Å². The molecule has 2 rings (SSSR count). The van der Waals surface area contributed by atoms with Gasteiger partial charge in [0.1, 0.15) is 5.15 Å². The minimum absolute atomic E-state index is 0.0262. The third-order valence-electron chi connectivity index (χ3n) is 3.25. The summed E-state index contributed by atoms with van der Waals surface area (Å²) in [7, 11) is 0. The van der Waals surface area contributed by atoms with Crippen LogP contribution in [0.25, 0.3) is 0 Å². The Hall–Kier alpha value is -2.38. The molecule has 0 atom stereocenters. The summed E-state index contributed by atoms with van der Waals surface area (Å²) in [5.74, 6) is -2.42. The molecule has 2 aromatic rings. The zero-order valence-electron chi connectivity index (χ0n) is 11.9. The SMILES string of the molecule is Cc1nc(Cl)c(C(=O)c2cc(O)c(O)c([N+](=O)[O-])c2)c(C)c1Cl. The number of hydrogen-bond donors (Lipinski definition) is 2. The number of pyridine rings is 1. The van der Waals surface area contributed by atoms with E-state index in [4.69, 9.17) is 23.2 Å². The molecule has 120 valence electrons. The number of nitro groups is 1. The van der Waals surface area contributed by atoms with Gasteiger partial charge >= 0.3 is 5.69 Å². The number of phenolic OH excluding ortho intramolecular Hbond substituents is 2. The second-order valence-electron chi connectivity index (χ2n) is 4.75. The van der Waals surface area contributed by atoms with Gasteiger partial charge in [-0.05, 0) is 25.5 Å². The summed E-state index contributed by atoms with van der Waals surface area (Å²) < 4.78 is 0. The highest BCUT2D eigenvalue weighted by molar-refractivity contribution is 6.36. The number of nitrogens with zero attached hydrogens (tertiary/aromatic N) is 2. The van der Waals surface area contributed by atoms with E-state index < -0.39 is 27.9 Å². The molecule has 0 saturated carbocycles. The first-order valence-electron chi connectivity index (χ1n) is 6.22. The van der Waals surface area contributed by atoms with Crippen molar-refractivity contribution in [3.8, 4) is 11.5 Å². The highest BCUT2D eigenvalue weighted by atomic mass is 35.5. The van der Waals surface area contributed by atoms with E-state index in [1.807, 2.05) is 0 Å². The van der Waals surface area contributed by atoms with Gasteiger partial charge in [0.25, 0.3) is 0 Å². The summed E-state index contributed by atoms with van der Waals surface area (Å²) in [5, 5.41) is 30.1. The maximum atomic E-state index is 12.6. The van der Waals surface area contributed by atoms with Crippen molar-refractivity contribution in [2.45, 2.75) is 13.8 Å². The minimum atomic E-state index is -0.922.